The normalized spacial score (nSPS) is 18.3. The van der Waals surface area contributed by atoms with Crippen LogP contribution in [-0.2, 0) is 4.79 Å². The van der Waals surface area contributed by atoms with Crippen LogP contribution < -0.4 is 10.6 Å². The Bertz CT molecular complexity index is 636. The largest absolute Gasteiger partial charge is 0.327 e. The van der Waals surface area contributed by atoms with E-state index in [1.165, 1.54) is 25.1 Å². The summed E-state index contributed by atoms with van der Waals surface area (Å²) in [6, 6.07) is 4.75. The van der Waals surface area contributed by atoms with Gasteiger partial charge in [-0.15, -0.1) is 0 Å². The number of nitro groups is 1. The standard InChI is InChI=1S/C13H13N3O4/c1-7-11(8(2)17)12(15-13(18)14-7)9-4-3-5-10(6-9)16(19)20/h3-6,12H,1-2H3,(H2,14,15,18)/t12-/m1/s1. The van der Waals surface area contributed by atoms with Crippen molar-refractivity contribution >= 4 is 17.5 Å². The van der Waals surface area contributed by atoms with E-state index >= 15 is 0 Å². The van der Waals surface area contributed by atoms with Gasteiger partial charge in [-0.1, -0.05) is 12.1 Å². The molecule has 2 rings (SSSR count). The Labute approximate surface area is 114 Å². The van der Waals surface area contributed by atoms with Crippen LogP contribution in [0.4, 0.5) is 10.5 Å². The molecule has 2 N–H and O–H groups in total. The first kappa shape index (κ1) is 13.7. The molecule has 0 unspecified atom stereocenters. The molecule has 2 amide bonds. The molecule has 1 atom stereocenters. The summed E-state index contributed by atoms with van der Waals surface area (Å²) in [5.74, 6) is -0.202. The van der Waals surface area contributed by atoms with Gasteiger partial charge in [0.05, 0.1) is 11.0 Å². The third kappa shape index (κ3) is 2.51. The van der Waals surface area contributed by atoms with Crippen molar-refractivity contribution in [2.24, 2.45) is 0 Å². The summed E-state index contributed by atoms with van der Waals surface area (Å²) < 4.78 is 0. The minimum Gasteiger partial charge on any atom is -0.327 e. The summed E-state index contributed by atoms with van der Waals surface area (Å²) in [6.07, 6.45) is 0. The number of hydrogen-bond acceptors (Lipinski definition) is 4. The molecular formula is C13H13N3O4. The van der Waals surface area contributed by atoms with E-state index in [4.69, 9.17) is 0 Å². The molecule has 1 aromatic rings. The van der Waals surface area contributed by atoms with Crippen molar-refractivity contribution in [2.45, 2.75) is 19.9 Å². The van der Waals surface area contributed by atoms with Crippen LogP contribution in [0.5, 0.6) is 0 Å². The highest BCUT2D eigenvalue weighted by atomic mass is 16.6. The van der Waals surface area contributed by atoms with Crippen molar-refractivity contribution in [2.75, 3.05) is 0 Å². The molecule has 20 heavy (non-hydrogen) atoms. The number of urea groups is 1. The number of amides is 2. The van der Waals surface area contributed by atoms with E-state index in [0.29, 0.717) is 16.8 Å². The highest BCUT2D eigenvalue weighted by Gasteiger charge is 2.29. The number of nitrogens with one attached hydrogen (secondary N) is 2. The van der Waals surface area contributed by atoms with E-state index < -0.39 is 17.0 Å². The maximum atomic E-state index is 11.7. The lowest BCUT2D eigenvalue weighted by Gasteiger charge is -2.27. The van der Waals surface area contributed by atoms with E-state index in [2.05, 4.69) is 10.6 Å². The molecule has 0 saturated carbocycles. The molecule has 1 heterocycles. The first-order valence-corrected chi connectivity index (χ1v) is 5.93. The number of hydrogen-bond donors (Lipinski definition) is 2. The van der Waals surface area contributed by atoms with Crippen molar-refractivity contribution in [3.63, 3.8) is 0 Å². The van der Waals surface area contributed by atoms with Gasteiger partial charge in [-0.3, -0.25) is 14.9 Å². The van der Waals surface area contributed by atoms with Gasteiger partial charge in [0.15, 0.2) is 5.78 Å². The first-order valence-electron chi connectivity index (χ1n) is 5.93. The maximum absolute atomic E-state index is 11.7. The molecule has 7 heteroatoms. The molecule has 0 radical (unpaired) electrons. The fraction of sp³-hybridized carbons (Fsp3) is 0.231. The van der Waals surface area contributed by atoms with E-state index in [1.807, 2.05) is 0 Å². The summed E-state index contributed by atoms with van der Waals surface area (Å²) in [7, 11) is 0. The Kier molecular flexibility index (Phi) is 3.51. The number of carbonyl (C=O) groups is 2. The van der Waals surface area contributed by atoms with E-state index in [9.17, 15) is 19.7 Å². The molecule has 0 bridgehead atoms. The van der Waals surface area contributed by atoms with Crippen molar-refractivity contribution in [3.8, 4) is 0 Å². The number of ketones is 1. The van der Waals surface area contributed by atoms with Gasteiger partial charge in [0.1, 0.15) is 0 Å². The predicted octanol–water partition coefficient (Wildman–Crippen LogP) is 1.81. The summed E-state index contributed by atoms with van der Waals surface area (Å²) >= 11 is 0. The second kappa shape index (κ2) is 5.12. The first-order chi connectivity index (χ1) is 9.40. The fourth-order valence-electron chi connectivity index (χ4n) is 2.23. The van der Waals surface area contributed by atoms with E-state index in [-0.39, 0.29) is 11.5 Å². The lowest BCUT2D eigenvalue weighted by atomic mass is 9.93. The average Bonchev–Trinajstić information content (AvgIpc) is 2.37. The van der Waals surface area contributed by atoms with Gasteiger partial charge in [-0.05, 0) is 19.4 Å². The summed E-state index contributed by atoms with van der Waals surface area (Å²) in [6.45, 7) is 3.02. The third-order valence-corrected chi connectivity index (χ3v) is 3.06. The molecule has 0 saturated heterocycles. The zero-order valence-corrected chi connectivity index (χ0v) is 11.0. The van der Waals surface area contributed by atoms with Crippen LogP contribution in [0.25, 0.3) is 0 Å². The number of allylic oxidation sites excluding steroid dienone is 1. The lowest BCUT2D eigenvalue weighted by Crippen LogP contribution is -2.44. The van der Waals surface area contributed by atoms with E-state index in [1.54, 1.807) is 13.0 Å². The van der Waals surface area contributed by atoms with Crippen molar-refractivity contribution in [1.29, 1.82) is 0 Å². The van der Waals surface area contributed by atoms with Crippen LogP contribution in [0.1, 0.15) is 25.5 Å². The summed E-state index contributed by atoms with van der Waals surface area (Å²) in [4.78, 5) is 33.6. The monoisotopic (exact) mass is 275 g/mol. The molecule has 0 spiro atoms. The van der Waals surface area contributed by atoms with Gasteiger partial charge in [-0.25, -0.2) is 4.79 Å². The minimum absolute atomic E-state index is 0.0872. The van der Waals surface area contributed by atoms with Gasteiger partial charge >= 0.3 is 6.03 Å². The molecule has 104 valence electrons. The molecule has 0 aromatic heterocycles. The number of nitrogens with zero attached hydrogens (tertiary/aromatic N) is 1. The lowest BCUT2D eigenvalue weighted by molar-refractivity contribution is -0.384. The molecule has 1 aliphatic heterocycles. The Morgan fingerprint density at radius 2 is 2.10 bits per heavy atom. The van der Waals surface area contributed by atoms with Crippen LogP contribution in [0.15, 0.2) is 35.5 Å². The minimum atomic E-state index is -0.679. The van der Waals surface area contributed by atoms with Gasteiger partial charge < -0.3 is 10.6 Å². The van der Waals surface area contributed by atoms with Crippen molar-refractivity contribution < 1.29 is 14.5 Å². The topological polar surface area (TPSA) is 101 Å². The van der Waals surface area contributed by atoms with Crippen LogP contribution in [0.3, 0.4) is 0 Å². The Hall–Kier alpha value is -2.70. The number of carbonyl (C=O) groups excluding carboxylic acids is 2. The van der Waals surface area contributed by atoms with Crippen molar-refractivity contribution in [1.82, 2.24) is 10.6 Å². The Balaban J connectivity index is 2.51. The SMILES string of the molecule is CC(=O)C1=C(C)NC(=O)N[C@@H]1c1cccc([N+](=O)[O-])c1. The number of rotatable bonds is 3. The van der Waals surface area contributed by atoms with Crippen molar-refractivity contribution in [3.05, 3.63) is 51.2 Å². The highest BCUT2D eigenvalue weighted by Crippen LogP contribution is 2.29. The second-order valence-corrected chi connectivity index (χ2v) is 4.48. The number of benzene rings is 1. The van der Waals surface area contributed by atoms with Crippen LogP contribution in [-0.4, -0.2) is 16.7 Å². The molecule has 1 aromatic carbocycles. The number of nitro benzene ring substituents is 1. The van der Waals surface area contributed by atoms with Gasteiger partial charge in [0, 0.05) is 23.4 Å². The quantitative estimate of drug-likeness (QED) is 0.648. The number of Topliss-reactive ketones (excluding diaryl/α,β-unsaturated/α-hetero) is 1. The highest BCUT2D eigenvalue weighted by molar-refractivity contribution is 5.98. The van der Waals surface area contributed by atoms with Gasteiger partial charge in [-0.2, -0.15) is 0 Å². The predicted molar refractivity (Wildman–Crippen MR) is 70.9 cm³/mol. The van der Waals surface area contributed by atoms with Crippen LogP contribution in [0.2, 0.25) is 0 Å². The molecule has 7 nitrogen and oxygen atoms in total. The fourth-order valence-corrected chi connectivity index (χ4v) is 2.23. The average molecular weight is 275 g/mol. The molecular weight excluding hydrogens is 262 g/mol. The van der Waals surface area contributed by atoms with E-state index in [0.717, 1.165) is 0 Å². The summed E-state index contributed by atoms with van der Waals surface area (Å²) in [5.41, 5.74) is 1.26. The molecule has 0 aliphatic carbocycles. The van der Waals surface area contributed by atoms with Crippen LogP contribution in [0, 0.1) is 10.1 Å². The molecule has 1 aliphatic rings. The Morgan fingerprint density at radius 3 is 2.70 bits per heavy atom. The van der Waals surface area contributed by atoms with Gasteiger partial charge in [0.25, 0.3) is 5.69 Å². The zero-order valence-electron chi connectivity index (χ0n) is 11.0. The number of non-ortho nitro benzene ring substituents is 1. The Morgan fingerprint density at radius 1 is 1.40 bits per heavy atom. The zero-order chi connectivity index (χ0) is 14.9. The third-order valence-electron chi connectivity index (χ3n) is 3.06. The maximum Gasteiger partial charge on any atom is 0.319 e. The second-order valence-electron chi connectivity index (χ2n) is 4.48. The smallest absolute Gasteiger partial charge is 0.319 e. The van der Waals surface area contributed by atoms with Gasteiger partial charge in [0.2, 0.25) is 0 Å². The molecule has 0 fully saturated rings. The van der Waals surface area contributed by atoms with Crippen LogP contribution >= 0.6 is 0 Å². The summed E-state index contributed by atoms with van der Waals surface area (Å²) in [5, 5.41) is 15.9.